The molecule has 0 spiro atoms. The van der Waals surface area contributed by atoms with Crippen molar-refractivity contribution in [1.82, 2.24) is 0 Å². The molecule has 112 valence electrons. The molecule has 0 aliphatic heterocycles. The molecule has 0 aromatic heterocycles. The quantitative estimate of drug-likeness (QED) is 0.723. The summed E-state index contributed by atoms with van der Waals surface area (Å²) in [6, 6.07) is 4.49. The summed E-state index contributed by atoms with van der Waals surface area (Å²) in [7, 11) is 0. The summed E-state index contributed by atoms with van der Waals surface area (Å²) >= 11 is 0. The fourth-order valence-electron chi connectivity index (χ4n) is 3.19. The van der Waals surface area contributed by atoms with Crippen LogP contribution in [0, 0.1) is 55.4 Å². The van der Waals surface area contributed by atoms with E-state index < -0.39 is 0 Å². The van der Waals surface area contributed by atoms with E-state index in [0.29, 0.717) is 0 Å². The molecule has 0 amide bonds. The van der Waals surface area contributed by atoms with E-state index in [0.717, 1.165) is 0 Å². The van der Waals surface area contributed by atoms with Crippen molar-refractivity contribution >= 4 is 11.4 Å². The van der Waals surface area contributed by atoms with Crippen LogP contribution in [0.4, 0.5) is 11.4 Å². The van der Waals surface area contributed by atoms with Crippen LogP contribution in [0.2, 0.25) is 0 Å². The van der Waals surface area contributed by atoms with Crippen molar-refractivity contribution in [2.45, 2.75) is 55.4 Å². The lowest BCUT2D eigenvalue weighted by Gasteiger charge is -2.22. The molecule has 0 heterocycles. The van der Waals surface area contributed by atoms with Crippen LogP contribution in [0.15, 0.2) is 12.1 Å². The van der Waals surface area contributed by atoms with Crippen molar-refractivity contribution in [3.63, 3.8) is 0 Å². The van der Waals surface area contributed by atoms with Crippen LogP contribution in [0.25, 0.3) is 0 Å². The summed E-state index contributed by atoms with van der Waals surface area (Å²) < 4.78 is 0. The number of nitrogens with one attached hydrogen (secondary N) is 1. The zero-order chi connectivity index (χ0) is 15.9. The van der Waals surface area contributed by atoms with Gasteiger partial charge in [-0.05, 0) is 94.3 Å². The molecule has 1 nitrogen and oxygen atoms in total. The highest BCUT2D eigenvalue weighted by Crippen LogP contribution is 2.34. The normalized spacial score (nSPS) is 10.9. The zero-order valence-corrected chi connectivity index (χ0v) is 14.7. The van der Waals surface area contributed by atoms with Gasteiger partial charge >= 0.3 is 0 Å². The summed E-state index contributed by atoms with van der Waals surface area (Å²) in [6.45, 7) is 17.6. The van der Waals surface area contributed by atoms with Gasteiger partial charge in [0.05, 0.1) is 0 Å². The van der Waals surface area contributed by atoms with Gasteiger partial charge in [0.25, 0.3) is 0 Å². The van der Waals surface area contributed by atoms with Crippen molar-refractivity contribution in [1.29, 1.82) is 0 Å². The van der Waals surface area contributed by atoms with Gasteiger partial charge in [-0.1, -0.05) is 17.7 Å². The van der Waals surface area contributed by atoms with Crippen LogP contribution < -0.4 is 5.32 Å². The van der Waals surface area contributed by atoms with E-state index in [1.54, 1.807) is 0 Å². The van der Waals surface area contributed by atoms with Crippen LogP contribution in [0.1, 0.15) is 44.5 Å². The standard InChI is InChI=1S/C20H27N/c1-11-9-12(2)19(13(3)10-11)21-20-17(7)15(5)14(4)16(6)18(20)8/h9-10,21H,1-8H3. The van der Waals surface area contributed by atoms with Gasteiger partial charge in [0.15, 0.2) is 0 Å². The van der Waals surface area contributed by atoms with Crippen molar-refractivity contribution in [3.8, 4) is 0 Å². The fourth-order valence-corrected chi connectivity index (χ4v) is 3.19. The second kappa shape index (κ2) is 5.55. The predicted molar refractivity (Wildman–Crippen MR) is 94.1 cm³/mol. The SMILES string of the molecule is Cc1cc(C)c(Nc2c(C)c(C)c(C)c(C)c2C)c(C)c1. The third-order valence-corrected chi connectivity index (χ3v) is 4.93. The molecule has 1 heteroatoms. The smallest absolute Gasteiger partial charge is 0.0449 e. The molecular weight excluding hydrogens is 254 g/mol. The number of hydrogen-bond donors (Lipinski definition) is 1. The average Bonchev–Trinajstić information content (AvgIpc) is 2.41. The molecule has 0 aliphatic carbocycles. The third-order valence-electron chi connectivity index (χ3n) is 4.93. The van der Waals surface area contributed by atoms with Gasteiger partial charge in [-0.25, -0.2) is 0 Å². The maximum atomic E-state index is 3.71. The van der Waals surface area contributed by atoms with E-state index >= 15 is 0 Å². The number of anilines is 2. The van der Waals surface area contributed by atoms with E-state index in [4.69, 9.17) is 0 Å². The molecule has 2 aromatic rings. The Labute approximate surface area is 129 Å². The van der Waals surface area contributed by atoms with Gasteiger partial charge in [0.2, 0.25) is 0 Å². The van der Waals surface area contributed by atoms with Crippen molar-refractivity contribution < 1.29 is 0 Å². The third kappa shape index (κ3) is 2.70. The molecule has 0 saturated heterocycles. The first-order valence-corrected chi connectivity index (χ1v) is 7.65. The number of benzene rings is 2. The molecule has 0 aliphatic rings. The zero-order valence-electron chi connectivity index (χ0n) is 14.7. The first-order valence-electron chi connectivity index (χ1n) is 7.65. The van der Waals surface area contributed by atoms with Crippen LogP contribution in [0.3, 0.4) is 0 Å². The maximum Gasteiger partial charge on any atom is 0.0449 e. The Morgan fingerprint density at radius 2 is 0.905 bits per heavy atom. The van der Waals surface area contributed by atoms with Gasteiger partial charge in [-0.3, -0.25) is 0 Å². The highest BCUT2D eigenvalue weighted by molar-refractivity contribution is 5.74. The summed E-state index contributed by atoms with van der Waals surface area (Å²) in [5, 5.41) is 3.71. The second-order valence-electron chi connectivity index (χ2n) is 6.40. The first-order chi connectivity index (χ1) is 9.73. The molecule has 0 unspecified atom stereocenters. The van der Waals surface area contributed by atoms with Crippen molar-refractivity contribution in [2.75, 3.05) is 5.32 Å². The number of hydrogen-bond acceptors (Lipinski definition) is 1. The Balaban J connectivity index is 2.61. The fraction of sp³-hybridized carbons (Fsp3) is 0.400. The van der Waals surface area contributed by atoms with Crippen molar-refractivity contribution in [3.05, 3.63) is 56.6 Å². The topological polar surface area (TPSA) is 12.0 Å². The highest BCUT2D eigenvalue weighted by Gasteiger charge is 2.14. The average molecular weight is 281 g/mol. The van der Waals surface area contributed by atoms with Gasteiger partial charge in [0.1, 0.15) is 0 Å². The van der Waals surface area contributed by atoms with Crippen LogP contribution in [-0.4, -0.2) is 0 Å². The molecule has 2 aromatic carbocycles. The van der Waals surface area contributed by atoms with E-state index in [9.17, 15) is 0 Å². The van der Waals surface area contributed by atoms with Gasteiger partial charge in [-0.15, -0.1) is 0 Å². The van der Waals surface area contributed by atoms with Crippen LogP contribution >= 0.6 is 0 Å². The van der Waals surface area contributed by atoms with E-state index in [1.165, 1.54) is 55.9 Å². The maximum absolute atomic E-state index is 3.71. The lowest BCUT2D eigenvalue weighted by atomic mass is 9.92. The van der Waals surface area contributed by atoms with Gasteiger partial charge in [-0.2, -0.15) is 0 Å². The first kappa shape index (κ1) is 15.6. The lowest BCUT2D eigenvalue weighted by molar-refractivity contribution is 1.17. The van der Waals surface area contributed by atoms with E-state index in [1.807, 2.05) is 0 Å². The second-order valence-corrected chi connectivity index (χ2v) is 6.40. The van der Waals surface area contributed by atoms with Crippen LogP contribution in [0.5, 0.6) is 0 Å². The van der Waals surface area contributed by atoms with Crippen molar-refractivity contribution in [2.24, 2.45) is 0 Å². The molecule has 0 radical (unpaired) electrons. The Kier molecular flexibility index (Phi) is 4.13. The summed E-state index contributed by atoms with van der Waals surface area (Å²) in [4.78, 5) is 0. The van der Waals surface area contributed by atoms with E-state index in [2.05, 4.69) is 72.8 Å². The number of rotatable bonds is 2. The monoisotopic (exact) mass is 281 g/mol. The molecule has 0 saturated carbocycles. The molecule has 2 rings (SSSR count). The van der Waals surface area contributed by atoms with E-state index in [-0.39, 0.29) is 0 Å². The molecule has 1 N–H and O–H groups in total. The molecular formula is C20H27N. The summed E-state index contributed by atoms with van der Waals surface area (Å²) in [5.74, 6) is 0. The molecule has 0 bridgehead atoms. The summed E-state index contributed by atoms with van der Waals surface area (Å²) in [5.41, 5.74) is 13.4. The minimum absolute atomic E-state index is 1.24. The van der Waals surface area contributed by atoms with Crippen LogP contribution in [-0.2, 0) is 0 Å². The number of aryl methyl sites for hydroxylation is 3. The minimum Gasteiger partial charge on any atom is -0.355 e. The Morgan fingerprint density at radius 3 is 1.33 bits per heavy atom. The Bertz CT molecular complexity index is 656. The summed E-state index contributed by atoms with van der Waals surface area (Å²) in [6.07, 6.45) is 0. The van der Waals surface area contributed by atoms with Gasteiger partial charge in [0, 0.05) is 11.4 Å². The van der Waals surface area contributed by atoms with Gasteiger partial charge < -0.3 is 5.32 Å². The Hall–Kier alpha value is -1.76. The molecule has 0 fully saturated rings. The molecule has 21 heavy (non-hydrogen) atoms. The predicted octanol–water partition coefficient (Wildman–Crippen LogP) is 5.90. The Morgan fingerprint density at radius 1 is 0.524 bits per heavy atom. The minimum atomic E-state index is 1.24. The lowest BCUT2D eigenvalue weighted by Crippen LogP contribution is -2.05. The molecule has 0 atom stereocenters. The highest BCUT2D eigenvalue weighted by atomic mass is 14.9. The largest absolute Gasteiger partial charge is 0.355 e.